The van der Waals surface area contributed by atoms with Crippen molar-refractivity contribution in [2.45, 2.75) is 20.0 Å². The zero-order valence-electron chi connectivity index (χ0n) is 22.8. The van der Waals surface area contributed by atoms with Crippen LogP contribution in [0.4, 0.5) is 21.5 Å². The molecule has 5 rings (SSSR count). The van der Waals surface area contributed by atoms with E-state index in [0.29, 0.717) is 24.3 Å². The number of hydrogen-bond acceptors (Lipinski definition) is 7. The Morgan fingerprint density at radius 2 is 1.55 bits per heavy atom. The van der Waals surface area contributed by atoms with Crippen molar-refractivity contribution in [2.24, 2.45) is 7.05 Å². The van der Waals surface area contributed by atoms with Crippen LogP contribution in [-0.2, 0) is 20.1 Å². The number of pyridine rings is 1. The highest BCUT2D eigenvalue weighted by molar-refractivity contribution is 5.93. The van der Waals surface area contributed by atoms with Gasteiger partial charge in [-0.3, -0.25) is 0 Å². The van der Waals surface area contributed by atoms with Crippen molar-refractivity contribution in [3.05, 3.63) is 101 Å². The van der Waals surface area contributed by atoms with Crippen molar-refractivity contribution in [2.75, 3.05) is 24.4 Å². The summed E-state index contributed by atoms with van der Waals surface area (Å²) in [6.07, 6.45) is 1.77. The van der Waals surface area contributed by atoms with Crippen LogP contribution < -0.4 is 19.7 Å². The third-order valence-corrected chi connectivity index (χ3v) is 6.77. The number of aromatic nitrogens is 3. The number of methoxy groups -OCH3 is 2. The summed E-state index contributed by atoms with van der Waals surface area (Å²) in [5.41, 5.74) is 6.30. The van der Waals surface area contributed by atoms with E-state index in [2.05, 4.69) is 15.2 Å². The standard InChI is InChI=1S/C31H29FN6O2/c1-20-13-24(16-33)36-31(32)29(20)35-23-14-27-30(34-19-37(27)2)28(15-23)38(17-21-5-9-25(39-3)10-6-21)18-22-7-11-26(40-4)12-8-22/h5-15,19,35H,17-18H2,1-4H3. The van der Waals surface area contributed by atoms with Gasteiger partial charge in [0.05, 0.1) is 37.4 Å². The molecule has 0 aliphatic rings. The summed E-state index contributed by atoms with van der Waals surface area (Å²) in [7, 11) is 5.22. The van der Waals surface area contributed by atoms with Crippen LogP contribution in [-0.4, -0.2) is 28.8 Å². The molecule has 202 valence electrons. The van der Waals surface area contributed by atoms with Crippen LogP contribution in [0.2, 0.25) is 0 Å². The van der Waals surface area contributed by atoms with Crippen molar-refractivity contribution >= 4 is 28.1 Å². The number of ether oxygens (including phenoxy) is 2. The lowest BCUT2D eigenvalue weighted by atomic mass is 10.1. The summed E-state index contributed by atoms with van der Waals surface area (Å²) in [6.45, 7) is 2.94. The first-order chi connectivity index (χ1) is 19.4. The van der Waals surface area contributed by atoms with Crippen molar-refractivity contribution in [3.8, 4) is 17.6 Å². The van der Waals surface area contributed by atoms with Gasteiger partial charge in [0.1, 0.15) is 28.8 Å². The second-order valence-corrected chi connectivity index (χ2v) is 9.50. The highest BCUT2D eigenvalue weighted by Crippen LogP contribution is 2.34. The molecule has 0 atom stereocenters. The first-order valence-electron chi connectivity index (χ1n) is 12.7. The molecule has 0 radical (unpaired) electrons. The lowest BCUT2D eigenvalue weighted by Crippen LogP contribution is -2.22. The quantitative estimate of drug-likeness (QED) is 0.223. The van der Waals surface area contributed by atoms with Gasteiger partial charge in [0.2, 0.25) is 5.95 Å². The highest BCUT2D eigenvalue weighted by atomic mass is 19.1. The minimum atomic E-state index is -0.725. The summed E-state index contributed by atoms with van der Waals surface area (Å²) in [5, 5.41) is 12.4. The van der Waals surface area contributed by atoms with E-state index in [1.807, 2.05) is 78.3 Å². The van der Waals surface area contributed by atoms with Gasteiger partial charge in [0, 0.05) is 25.8 Å². The van der Waals surface area contributed by atoms with Crippen LogP contribution >= 0.6 is 0 Å². The number of imidazole rings is 1. The summed E-state index contributed by atoms with van der Waals surface area (Å²) in [5.74, 6) is 0.853. The molecule has 0 unspecified atom stereocenters. The smallest absolute Gasteiger partial charge is 0.238 e. The maximum absolute atomic E-state index is 14.9. The number of anilines is 3. The van der Waals surface area contributed by atoms with Crippen LogP contribution in [0, 0.1) is 24.2 Å². The van der Waals surface area contributed by atoms with E-state index in [9.17, 15) is 4.39 Å². The third-order valence-electron chi connectivity index (χ3n) is 6.77. The molecule has 2 aromatic heterocycles. The second-order valence-electron chi connectivity index (χ2n) is 9.50. The van der Waals surface area contributed by atoms with Gasteiger partial charge in [0.25, 0.3) is 0 Å². The van der Waals surface area contributed by atoms with Crippen molar-refractivity contribution in [3.63, 3.8) is 0 Å². The molecule has 0 saturated heterocycles. The molecule has 0 aliphatic carbocycles. The predicted octanol–water partition coefficient (Wildman–Crippen LogP) is 6.26. The molecule has 0 aliphatic heterocycles. The van der Waals surface area contributed by atoms with Gasteiger partial charge in [0.15, 0.2) is 0 Å². The van der Waals surface area contributed by atoms with Gasteiger partial charge in [-0.15, -0.1) is 0 Å². The Bertz CT molecular complexity index is 1620. The molecule has 0 fully saturated rings. The van der Waals surface area contributed by atoms with Crippen molar-refractivity contribution in [1.82, 2.24) is 14.5 Å². The fourth-order valence-electron chi connectivity index (χ4n) is 4.64. The van der Waals surface area contributed by atoms with E-state index in [1.165, 1.54) is 0 Å². The number of hydrogen-bond donors (Lipinski definition) is 1. The normalized spacial score (nSPS) is 10.8. The predicted molar refractivity (Wildman–Crippen MR) is 154 cm³/mol. The second kappa shape index (κ2) is 11.3. The number of nitrogens with zero attached hydrogens (tertiary/aromatic N) is 5. The maximum atomic E-state index is 14.9. The van der Waals surface area contributed by atoms with Gasteiger partial charge in [-0.1, -0.05) is 24.3 Å². The van der Waals surface area contributed by atoms with Crippen LogP contribution in [0.25, 0.3) is 11.0 Å². The first-order valence-corrected chi connectivity index (χ1v) is 12.7. The number of halogens is 1. The fourth-order valence-corrected chi connectivity index (χ4v) is 4.64. The molecule has 1 N–H and O–H groups in total. The Labute approximate surface area is 232 Å². The Morgan fingerprint density at radius 1 is 0.950 bits per heavy atom. The SMILES string of the molecule is COc1ccc(CN(Cc2ccc(OC)cc2)c2cc(Nc3c(C)cc(C#N)nc3F)cc3c2ncn3C)cc1. The number of aryl methyl sites for hydroxylation is 2. The van der Waals surface area contributed by atoms with Crippen LogP contribution in [0.15, 0.2) is 73.1 Å². The molecule has 0 amide bonds. The van der Waals surface area contributed by atoms with E-state index in [-0.39, 0.29) is 11.4 Å². The van der Waals surface area contributed by atoms with Crippen LogP contribution in [0.1, 0.15) is 22.4 Å². The average Bonchev–Trinajstić information content (AvgIpc) is 3.35. The molecular formula is C31H29FN6O2. The molecular weight excluding hydrogens is 507 g/mol. The van der Waals surface area contributed by atoms with Crippen molar-refractivity contribution < 1.29 is 13.9 Å². The van der Waals surface area contributed by atoms with E-state index in [4.69, 9.17) is 19.7 Å². The van der Waals surface area contributed by atoms with Crippen LogP contribution in [0.3, 0.4) is 0 Å². The Balaban J connectivity index is 1.59. The molecule has 0 spiro atoms. The number of nitrogens with one attached hydrogen (secondary N) is 1. The molecule has 0 bridgehead atoms. The highest BCUT2D eigenvalue weighted by Gasteiger charge is 2.18. The Hall–Kier alpha value is -5.10. The Kier molecular flexibility index (Phi) is 7.51. The summed E-state index contributed by atoms with van der Waals surface area (Å²) < 4.78 is 27.5. The molecule has 2 heterocycles. The molecule has 9 heteroatoms. The molecule has 40 heavy (non-hydrogen) atoms. The number of rotatable bonds is 9. The minimum Gasteiger partial charge on any atom is -0.497 e. The zero-order chi connectivity index (χ0) is 28.2. The number of benzene rings is 3. The molecule has 5 aromatic rings. The first kappa shape index (κ1) is 26.5. The molecule has 3 aromatic carbocycles. The van der Waals surface area contributed by atoms with Gasteiger partial charge >= 0.3 is 0 Å². The van der Waals surface area contributed by atoms with E-state index >= 15 is 0 Å². The van der Waals surface area contributed by atoms with E-state index < -0.39 is 5.95 Å². The number of fused-ring (bicyclic) bond motifs is 1. The fraction of sp³-hybridized carbons (Fsp3) is 0.194. The van der Waals surface area contributed by atoms with Crippen molar-refractivity contribution in [1.29, 1.82) is 5.26 Å². The third kappa shape index (κ3) is 5.52. The lowest BCUT2D eigenvalue weighted by molar-refractivity contribution is 0.414. The molecule has 0 saturated carbocycles. The van der Waals surface area contributed by atoms with Gasteiger partial charge in [-0.2, -0.15) is 9.65 Å². The van der Waals surface area contributed by atoms with Gasteiger partial charge < -0.3 is 24.3 Å². The Morgan fingerprint density at radius 3 is 2.08 bits per heavy atom. The largest absolute Gasteiger partial charge is 0.497 e. The molecule has 8 nitrogen and oxygen atoms in total. The van der Waals surface area contributed by atoms with E-state index in [0.717, 1.165) is 39.3 Å². The number of nitriles is 1. The summed E-state index contributed by atoms with van der Waals surface area (Å²) >= 11 is 0. The van der Waals surface area contributed by atoms with Crippen LogP contribution in [0.5, 0.6) is 11.5 Å². The van der Waals surface area contributed by atoms with Gasteiger partial charge in [-0.25, -0.2) is 9.97 Å². The monoisotopic (exact) mass is 536 g/mol. The summed E-state index contributed by atoms with van der Waals surface area (Å²) in [4.78, 5) is 10.7. The summed E-state index contributed by atoms with van der Waals surface area (Å²) in [6, 6.07) is 23.3. The average molecular weight is 537 g/mol. The zero-order valence-corrected chi connectivity index (χ0v) is 22.8. The van der Waals surface area contributed by atoms with Gasteiger partial charge in [-0.05, 0) is 66.1 Å². The maximum Gasteiger partial charge on any atom is 0.238 e. The van der Waals surface area contributed by atoms with E-state index in [1.54, 1.807) is 33.5 Å². The minimum absolute atomic E-state index is 0.0356. The topological polar surface area (TPSA) is 88.2 Å². The lowest BCUT2D eigenvalue weighted by Gasteiger charge is -2.27.